The van der Waals surface area contributed by atoms with E-state index >= 15 is 0 Å². The molecular formula is C20H19F3N6O2. The number of hydrogen-bond donors (Lipinski definition) is 0. The zero-order chi connectivity index (χ0) is 22.0. The molecule has 0 aliphatic carbocycles. The minimum atomic E-state index is -4.54. The highest BCUT2D eigenvalue weighted by Gasteiger charge is 2.32. The van der Waals surface area contributed by atoms with E-state index in [4.69, 9.17) is 0 Å². The Morgan fingerprint density at radius 2 is 1.90 bits per heavy atom. The van der Waals surface area contributed by atoms with Crippen LogP contribution < -0.4 is 5.56 Å². The number of rotatable bonds is 4. The molecule has 1 fully saturated rings. The number of nitrogens with zero attached hydrogens (tertiary/aromatic N) is 6. The number of hydrogen-bond acceptors (Lipinski definition) is 5. The van der Waals surface area contributed by atoms with Crippen LogP contribution in [0.1, 0.15) is 28.9 Å². The van der Waals surface area contributed by atoms with E-state index in [0.717, 1.165) is 18.3 Å². The summed E-state index contributed by atoms with van der Waals surface area (Å²) in [6.45, 7) is 1.30. The molecule has 31 heavy (non-hydrogen) atoms. The van der Waals surface area contributed by atoms with Crippen LogP contribution in [0.15, 0.2) is 53.7 Å². The van der Waals surface area contributed by atoms with Crippen LogP contribution in [0.4, 0.5) is 13.2 Å². The zero-order valence-electron chi connectivity index (χ0n) is 16.4. The molecule has 11 heteroatoms. The number of alkyl halides is 3. The number of piperidine rings is 1. The van der Waals surface area contributed by atoms with Gasteiger partial charge in [-0.15, -0.1) is 5.10 Å². The molecule has 3 aromatic rings. The van der Waals surface area contributed by atoms with Crippen LogP contribution in [0, 0.1) is 5.92 Å². The molecule has 0 spiro atoms. The van der Waals surface area contributed by atoms with E-state index in [-0.39, 0.29) is 22.9 Å². The van der Waals surface area contributed by atoms with Crippen LogP contribution in [0.2, 0.25) is 0 Å². The number of carbonyl (C=O) groups excluding carboxylic acids is 1. The van der Waals surface area contributed by atoms with Crippen molar-refractivity contribution < 1.29 is 18.0 Å². The van der Waals surface area contributed by atoms with E-state index in [9.17, 15) is 22.8 Å². The first-order valence-electron chi connectivity index (χ1n) is 9.72. The Bertz CT molecular complexity index is 1100. The summed E-state index contributed by atoms with van der Waals surface area (Å²) in [6.07, 6.45) is 1.08. The number of halogens is 3. The summed E-state index contributed by atoms with van der Waals surface area (Å²) in [5, 5.41) is 8.47. The molecular weight excluding hydrogens is 413 g/mol. The van der Waals surface area contributed by atoms with Crippen LogP contribution in [0.3, 0.4) is 0 Å². The van der Waals surface area contributed by atoms with Crippen LogP contribution >= 0.6 is 0 Å². The Morgan fingerprint density at radius 3 is 2.52 bits per heavy atom. The summed E-state index contributed by atoms with van der Waals surface area (Å²) >= 11 is 0. The SMILES string of the molecule is O=C(c1ccc(C(F)(F)F)nc1)N1CCC(Cn2nc(-n3cccn3)ccc2=O)CC1. The van der Waals surface area contributed by atoms with Gasteiger partial charge in [0.2, 0.25) is 0 Å². The predicted molar refractivity (Wildman–Crippen MR) is 103 cm³/mol. The van der Waals surface area contributed by atoms with Crippen molar-refractivity contribution >= 4 is 5.91 Å². The van der Waals surface area contributed by atoms with Crippen molar-refractivity contribution in [2.75, 3.05) is 13.1 Å². The first-order chi connectivity index (χ1) is 14.8. The van der Waals surface area contributed by atoms with E-state index in [1.807, 2.05) is 0 Å². The van der Waals surface area contributed by atoms with Gasteiger partial charge in [-0.2, -0.15) is 18.3 Å². The van der Waals surface area contributed by atoms with Crippen LogP contribution in [-0.2, 0) is 12.7 Å². The Kier molecular flexibility index (Phi) is 5.57. The smallest absolute Gasteiger partial charge is 0.339 e. The number of carbonyl (C=O) groups is 1. The quantitative estimate of drug-likeness (QED) is 0.632. The van der Waals surface area contributed by atoms with Gasteiger partial charge in [0, 0.05) is 44.3 Å². The molecule has 1 aliphatic rings. The lowest BCUT2D eigenvalue weighted by molar-refractivity contribution is -0.141. The largest absolute Gasteiger partial charge is 0.433 e. The second-order valence-electron chi connectivity index (χ2n) is 7.33. The molecule has 4 heterocycles. The van der Waals surface area contributed by atoms with E-state index < -0.39 is 11.9 Å². The van der Waals surface area contributed by atoms with E-state index in [2.05, 4.69) is 15.2 Å². The maximum absolute atomic E-state index is 12.6. The summed E-state index contributed by atoms with van der Waals surface area (Å²) < 4.78 is 40.9. The summed E-state index contributed by atoms with van der Waals surface area (Å²) in [7, 11) is 0. The molecule has 4 rings (SSSR count). The molecule has 0 radical (unpaired) electrons. The molecule has 0 saturated carbocycles. The lowest BCUT2D eigenvalue weighted by atomic mass is 9.96. The maximum atomic E-state index is 12.6. The van der Waals surface area contributed by atoms with Crippen molar-refractivity contribution in [2.24, 2.45) is 5.92 Å². The Labute approximate surface area is 174 Å². The fourth-order valence-corrected chi connectivity index (χ4v) is 3.53. The molecule has 1 aliphatic heterocycles. The molecule has 162 valence electrons. The van der Waals surface area contributed by atoms with E-state index in [1.54, 1.807) is 34.1 Å². The molecule has 1 amide bonds. The van der Waals surface area contributed by atoms with Crippen molar-refractivity contribution in [3.05, 3.63) is 70.5 Å². The first-order valence-corrected chi connectivity index (χ1v) is 9.72. The summed E-state index contributed by atoms with van der Waals surface area (Å²) in [4.78, 5) is 29.7. The van der Waals surface area contributed by atoms with Crippen molar-refractivity contribution in [1.29, 1.82) is 0 Å². The van der Waals surface area contributed by atoms with Crippen molar-refractivity contribution in [3.63, 3.8) is 0 Å². The van der Waals surface area contributed by atoms with Crippen LogP contribution in [0.25, 0.3) is 5.82 Å². The van der Waals surface area contributed by atoms with Gasteiger partial charge in [-0.3, -0.25) is 14.6 Å². The average molecular weight is 432 g/mol. The fourth-order valence-electron chi connectivity index (χ4n) is 3.53. The lowest BCUT2D eigenvalue weighted by Crippen LogP contribution is -2.40. The molecule has 0 unspecified atom stereocenters. The van der Waals surface area contributed by atoms with Crippen LogP contribution in [-0.4, -0.2) is 48.4 Å². The third-order valence-corrected chi connectivity index (χ3v) is 5.23. The van der Waals surface area contributed by atoms with E-state index in [0.29, 0.717) is 38.3 Å². The van der Waals surface area contributed by atoms with Gasteiger partial charge in [0.15, 0.2) is 5.82 Å². The fraction of sp³-hybridized carbons (Fsp3) is 0.350. The monoisotopic (exact) mass is 432 g/mol. The van der Waals surface area contributed by atoms with Gasteiger partial charge in [-0.1, -0.05) is 0 Å². The summed E-state index contributed by atoms with van der Waals surface area (Å²) in [5.74, 6) is 0.329. The molecule has 8 nitrogen and oxygen atoms in total. The van der Waals surface area contributed by atoms with Crippen LogP contribution in [0.5, 0.6) is 0 Å². The van der Waals surface area contributed by atoms with Gasteiger partial charge in [-0.05, 0) is 43.0 Å². The Hall–Kier alpha value is -3.50. The lowest BCUT2D eigenvalue weighted by Gasteiger charge is -2.32. The normalized spacial score (nSPS) is 15.3. The molecule has 1 saturated heterocycles. The van der Waals surface area contributed by atoms with Crippen molar-refractivity contribution in [3.8, 4) is 5.82 Å². The van der Waals surface area contributed by atoms with Gasteiger partial charge < -0.3 is 4.90 Å². The van der Waals surface area contributed by atoms with E-state index in [1.165, 1.54) is 10.7 Å². The zero-order valence-corrected chi connectivity index (χ0v) is 16.4. The number of pyridine rings is 1. The van der Waals surface area contributed by atoms with Gasteiger partial charge in [0.05, 0.1) is 5.56 Å². The van der Waals surface area contributed by atoms with Crippen molar-refractivity contribution in [2.45, 2.75) is 25.6 Å². The van der Waals surface area contributed by atoms with Gasteiger partial charge >= 0.3 is 6.18 Å². The predicted octanol–water partition coefficient (Wildman–Crippen LogP) is 2.40. The van der Waals surface area contributed by atoms with Gasteiger partial charge in [-0.25, -0.2) is 9.36 Å². The highest BCUT2D eigenvalue weighted by molar-refractivity contribution is 5.94. The molecule has 0 bridgehead atoms. The molecule has 3 aromatic heterocycles. The molecule has 0 atom stereocenters. The number of likely N-dealkylation sites (tertiary alicyclic amines) is 1. The minimum Gasteiger partial charge on any atom is -0.339 e. The first kappa shape index (κ1) is 20.8. The van der Waals surface area contributed by atoms with Crippen molar-refractivity contribution in [1.82, 2.24) is 29.4 Å². The Morgan fingerprint density at radius 1 is 1.13 bits per heavy atom. The number of aromatic nitrogens is 5. The summed E-state index contributed by atoms with van der Waals surface area (Å²) in [5.41, 5.74) is -1.13. The topological polar surface area (TPSA) is 85.9 Å². The van der Waals surface area contributed by atoms with Gasteiger partial charge in [0.1, 0.15) is 5.69 Å². The highest BCUT2D eigenvalue weighted by Crippen LogP contribution is 2.27. The van der Waals surface area contributed by atoms with Gasteiger partial charge in [0.25, 0.3) is 11.5 Å². The third kappa shape index (κ3) is 4.65. The standard InChI is InChI=1S/C20H19F3N6O2/c21-20(22,23)16-3-2-15(12-24-16)19(31)27-10-6-14(7-11-27)13-29-18(30)5-4-17(26-29)28-9-1-8-25-28/h1-5,8-9,12,14H,6-7,10-11,13H2. The molecule has 0 aromatic carbocycles. The molecule has 0 N–H and O–H groups in total. The minimum absolute atomic E-state index is 0.122. The maximum Gasteiger partial charge on any atom is 0.433 e. The average Bonchev–Trinajstić information content (AvgIpc) is 3.30. The third-order valence-electron chi connectivity index (χ3n) is 5.23. The highest BCUT2D eigenvalue weighted by atomic mass is 19.4. The Balaban J connectivity index is 1.37. The second-order valence-corrected chi connectivity index (χ2v) is 7.33. The second kappa shape index (κ2) is 8.32. The number of amides is 1. The summed E-state index contributed by atoms with van der Waals surface area (Å²) in [6, 6.07) is 6.76.